The van der Waals surface area contributed by atoms with Gasteiger partial charge in [0.25, 0.3) is 5.82 Å². The van der Waals surface area contributed by atoms with Crippen molar-refractivity contribution in [3.8, 4) is 0 Å². The van der Waals surface area contributed by atoms with Gasteiger partial charge < -0.3 is 0 Å². The molecule has 1 heterocycles. The van der Waals surface area contributed by atoms with Crippen molar-refractivity contribution < 1.29 is 4.57 Å². The Hall–Kier alpha value is -0.790. The fourth-order valence-electron chi connectivity index (χ4n) is 4.54. The molecule has 0 radical (unpaired) electrons. The highest BCUT2D eigenvalue weighted by Gasteiger charge is 2.24. The van der Waals surface area contributed by atoms with Crippen LogP contribution >= 0.6 is 0 Å². The van der Waals surface area contributed by atoms with Gasteiger partial charge in [-0.1, -0.05) is 104 Å². The van der Waals surface area contributed by atoms with Crippen molar-refractivity contribution >= 4 is 0 Å². The summed E-state index contributed by atoms with van der Waals surface area (Å²) in [6, 6.07) is 0.625. The molecular weight excluding hydrogens is 340 g/mol. The Labute approximate surface area is 176 Å². The molecule has 2 heteroatoms. The van der Waals surface area contributed by atoms with Gasteiger partial charge in [0.1, 0.15) is 12.4 Å². The number of imidazole rings is 1. The fourth-order valence-corrected chi connectivity index (χ4v) is 4.54. The molecule has 2 atom stereocenters. The number of aromatic nitrogens is 2. The van der Waals surface area contributed by atoms with Crippen molar-refractivity contribution in [2.45, 2.75) is 149 Å². The quantitative estimate of drug-likeness (QED) is 0.180. The molecule has 1 N–H and O–H groups in total. The van der Waals surface area contributed by atoms with Crippen LogP contribution in [0.15, 0.2) is 12.4 Å². The van der Waals surface area contributed by atoms with E-state index in [2.05, 4.69) is 49.6 Å². The van der Waals surface area contributed by atoms with Gasteiger partial charge in [0.05, 0.1) is 12.0 Å². The number of hydrogen-bond donors (Lipinski definition) is 1. The topological polar surface area (TPSA) is 19.7 Å². The van der Waals surface area contributed by atoms with Crippen molar-refractivity contribution in [2.24, 2.45) is 0 Å². The number of hydrogen-bond acceptors (Lipinski definition) is 0. The van der Waals surface area contributed by atoms with Gasteiger partial charge in [0, 0.05) is 0 Å². The summed E-state index contributed by atoms with van der Waals surface area (Å²) in [5.74, 6) is 2.20. The van der Waals surface area contributed by atoms with E-state index in [4.69, 9.17) is 0 Å². The first-order valence-corrected chi connectivity index (χ1v) is 12.8. The maximum atomic E-state index is 3.61. The monoisotopic (exact) mass is 391 g/mol. The van der Waals surface area contributed by atoms with Crippen LogP contribution < -0.4 is 4.57 Å². The van der Waals surface area contributed by atoms with Crippen molar-refractivity contribution in [3.63, 3.8) is 0 Å². The van der Waals surface area contributed by atoms with Gasteiger partial charge >= 0.3 is 0 Å². The van der Waals surface area contributed by atoms with Crippen LogP contribution in [0.25, 0.3) is 0 Å². The second kappa shape index (κ2) is 17.1. The van der Waals surface area contributed by atoms with E-state index in [9.17, 15) is 0 Å². The first kappa shape index (κ1) is 25.2. The molecule has 2 unspecified atom stereocenters. The number of nitrogens with zero attached hydrogens (tertiary/aromatic N) is 1. The Balaban J connectivity index is 2.32. The average molecular weight is 392 g/mol. The lowest BCUT2D eigenvalue weighted by Gasteiger charge is -2.16. The summed E-state index contributed by atoms with van der Waals surface area (Å²) in [7, 11) is 0. The van der Waals surface area contributed by atoms with Gasteiger partial charge in [-0.05, 0) is 32.6 Å². The zero-order valence-corrected chi connectivity index (χ0v) is 19.8. The SMILES string of the molecule is CCCCCCCCCCCCC(CCC)c1[nH]cc[n+]1C(C)CCCCC. The molecule has 164 valence electrons. The minimum absolute atomic E-state index is 0.625. The van der Waals surface area contributed by atoms with E-state index in [1.54, 1.807) is 0 Å². The molecule has 0 saturated heterocycles. The lowest BCUT2D eigenvalue weighted by Crippen LogP contribution is -2.41. The number of rotatable bonds is 19. The minimum atomic E-state index is 0.625. The lowest BCUT2D eigenvalue weighted by atomic mass is 9.94. The van der Waals surface area contributed by atoms with Gasteiger partial charge in [-0.15, -0.1) is 0 Å². The van der Waals surface area contributed by atoms with Crippen molar-refractivity contribution in [3.05, 3.63) is 18.2 Å². The maximum absolute atomic E-state index is 3.61. The summed E-state index contributed by atoms with van der Waals surface area (Å²) in [6.07, 6.45) is 28.0. The van der Waals surface area contributed by atoms with Crippen LogP contribution in [-0.2, 0) is 0 Å². The highest BCUT2D eigenvalue weighted by atomic mass is 15.1. The van der Waals surface area contributed by atoms with Gasteiger partial charge in [0.2, 0.25) is 0 Å². The van der Waals surface area contributed by atoms with E-state index in [1.807, 2.05) is 0 Å². The summed E-state index contributed by atoms with van der Waals surface area (Å²) in [5, 5.41) is 0. The molecule has 0 saturated carbocycles. The van der Waals surface area contributed by atoms with Crippen LogP contribution in [0.1, 0.15) is 155 Å². The Bertz CT molecular complexity index is 451. The largest absolute Gasteiger partial charge is 0.257 e. The average Bonchev–Trinajstić information content (AvgIpc) is 3.18. The summed E-state index contributed by atoms with van der Waals surface area (Å²) < 4.78 is 2.55. The van der Waals surface area contributed by atoms with Gasteiger partial charge in [-0.25, -0.2) is 9.55 Å². The summed E-state index contributed by atoms with van der Waals surface area (Å²) in [4.78, 5) is 3.61. The van der Waals surface area contributed by atoms with E-state index < -0.39 is 0 Å². The van der Waals surface area contributed by atoms with Crippen molar-refractivity contribution in [2.75, 3.05) is 0 Å². The Morgan fingerprint density at radius 1 is 0.679 bits per heavy atom. The van der Waals surface area contributed by atoms with Crippen LogP contribution in [-0.4, -0.2) is 4.98 Å². The summed E-state index contributed by atoms with van der Waals surface area (Å²) in [5.41, 5.74) is 0. The van der Waals surface area contributed by atoms with Crippen LogP contribution in [0.3, 0.4) is 0 Å². The van der Waals surface area contributed by atoms with Crippen molar-refractivity contribution in [1.29, 1.82) is 0 Å². The molecule has 0 bridgehead atoms. The van der Waals surface area contributed by atoms with Crippen LogP contribution in [0.4, 0.5) is 0 Å². The molecule has 0 amide bonds. The highest BCUT2D eigenvalue weighted by molar-refractivity contribution is 4.90. The van der Waals surface area contributed by atoms with Crippen LogP contribution in [0, 0.1) is 0 Å². The zero-order chi connectivity index (χ0) is 20.5. The predicted octanol–water partition coefficient (Wildman–Crippen LogP) is 8.64. The lowest BCUT2D eigenvalue weighted by molar-refractivity contribution is -0.727. The Morgan fingerprint density at radius 2 is 1.21 bits per heavy atom. The molecule has 28 heavy (non-hydrogen) atoms. The van der Waals surface area contributed by atoms with Gasteiger partial charge in [-0.2, -0.15) is 0 Å². The van der Waals surface area contributed by atoms with E-state index in [0.717, 1.165) is 0 Å². The molecule has 0 aliphatic carbocycles. The number of aromatic amines is 1. The molecule has 0 aliphatic heterocycles. The fraction of sp³-hybridized carbons (Fsp3) is 0.885. The van der Waals surface area contributed by atoms with Crippen molar-refractivity contribution in [1.82, 2.24) is 4.98 Å². The third-order valence-electron chi connectivity index (χ3n) is 6.37. The highest BCUT2D eigenvalue weighted by Crippen LogP contribution is 2.25. The molecule has 0 aromatic carbocycles. The van der Waals surface area contributed by atoms with E-state index in [-0.39, 0.29) is 0 Å². The molecule has 1 aromatic rings. The third kappa shape index (κ3) is 10.7. The summed E-state index contributed by atoms with van der Waals surface area (Å²) in [6.45, 7) is 9.33. The standard InChI is InChI=1S/C26H50N2/c1-5-8-10-11-12-13-14-15-16-18-21-25(19-7-3)26-27-22-23-28(26)24(4)20-17-9-6-2/h22-25H,5-21H2,1-4H3/p+1. The second-order valence-corrected chi connectivity index (χ2v) is 9.05. The van der Waals surface area contributed by atoms with E-state index in [0.29, 0.717) is 12.0 Å². The molecule has 2 nitrogen and oxygen atoms in total. The predicted molar refractivity (Wildman–Crippen MR) is 124 cm³/mol. The number of nitrogens with one attached hydrogen (secondary N) is 1. The minimum Gasteiger partial charge on any atom is -0.247 e. The third-order valence-corrected chi connectivity index (χ3v) is 6.37. The van der Waals surface area contributed by atoms with Gasteiger partial charge in [0.15, 0.2) is 0 Å². The van der Waals surface area contributed by atoms with E-state index >= 15 is 0 Å². The van der Waals surface area contributed by atoms with Crippen LogP contribution in [0.2, 0.25) is 0 Å². The Kier molecular flexibility index (Phi) is 15.4. The van der Waals surface area contributed by atoms with E-state index in [1.165, 1.54) is 115 Å². The summed E-state index contributed by atoms with van der Waals surface area (Å²) >= 11 is 0. The first-order valence-electron chi connectivity index (χ1n) is 12.8. The zero-order valence-electron chi connectivity index (χ0n) is 19.8. The van der Waals surface area contributed by atoms with Gasteiger partial charge in [-0.3, -0.25) is 0 Å². The molecule has 0 fully saturated rings. The molecule has 0 spiro atoms. The smallest absolute Gasteiger partial charge is 0.247 e. The molecule has 0 aliphatic rings. The van der Waals surface area contributed by atoms with Crippen LogP contribution in [0.5, 0.6) is 0 Å². The Morgan fingerprint density at radius 3 is 1.82 bits per heavy atom. The normalized spacial score (nSPS) is 13.7. The number of H-pyrrole nitrogens is 1. The molecule has 1 rings (SSSR count). The first-order chi connectivity index (χ1) is 13.7. The molecular formula is C26H51N2+. The maximum Gasteiger partial charge on any atom is 0.257 e. The molecule has 1 aromatic heterocycles. The second-order valence-electron chi connectivity index (χ2n) is 9.05. The number of unbranched alkanes of at least 4 members (excludes halogenated alkanes) is 11.